The van der Waals surface area contributed by atoms with Gasteiger partial charge in [-0.1, -0.05) is 12.1 Å². The van der Waals surface area contributed by atoms with E-state index in [2.05, 4.69) is 23.5 Å². The molecule has 1 heterocycles. The van der Waals surface area contributed by atoms with E-state index < -0.39 is 0 Å². The Morgan fingerprint density at radius 1 is 1.57 bits per heavy atom. The third kappa shape index (κ3) is 3.58. The van der Waals surface area contributed by atoms with Crippen molar-refractivity contribution in [1.82, 2.24) is 9.88 Å². The van der Waals surface area contributed by atoms with E-state index in [1.54, 1.807) is 12.3 Å². The smallest absolute Gasteiger partial charge is 0.247 e. The van der Waals surface area contributed by atoms with E-state index in [0.717, 1.165) is 25.1 Å². The number of nitrogens with zero attached hydrogens (tertiary/aromatic N) is 1. The molecule has 1 rings (SSSR count). The van der Waals surface area contributed by atoms with Crippen molar-refractivity contribution < 1.29 is 0 Å². The first-order valence-corrected chi connectivity index (χ1v) is 4.69. The average molecular weight is 192 g/mol. The first-order valence-electron chi connectivity index (χ1n) is 4.69. The molecule has 0 spiro atoms. The lowest BCUT2D eigenvalue weighted by molar-refractivity contribution is 0.333. The summed E-state index contributed by atoms with van der Waals surface area (Å²) in [6.07, 6.45) is 4.65. The fourth-order valence-corrected chi connectivity index (χ4v) is 1.24. The average Bonchev–Trinajstić information content (AvgIpc) is 2.18. The van der Waals surface area contributed by atoms with Crippen molar-refractivity contribution in [3.63, 3.8) is 0 Å². The Kier molecular flexibility index (Phi) is 4.13. The van der Waals surface area contributed by atoms with Gasteiger partial charge in [0.15, 0.2) is 0 Å². The van der Waals surface area contributed by atoms with Crippen molar-refractivity contribution in [2.45, 2.75) is 13.0 Å². The van der Waals surface area contributed by atoms with E-state index in [1.165, 1.54) is 0 Å². The van der Waals surface area contributed by atoms with Gasteiger partial charge >= 0.3 is 0 Å². The molecule has 14 heavy (non-hydrogen) atoms. The highest BCUT2D eigenvalue weighted by Gasteiger charge is 1.98. The molecule has 76 valence electrons. The molecule has 0 bridgehead atoms. The fraction of sp³-hybridized carbons (Fsp3) is 0.364. The van der Waals surface area contributed by atoms with Crippen molar-refractivity contribution in [2.75, 3.05) is 13.6 Å². The van der Waals surface area contributed by atoms with Crippen LogP contribution in [0.1, 0.15) is 12.0 Å². The Bertz CT molecular complexity index is 323. The van der Waals surface area contributed by atoms with Gasteiger partial charge in [0.25, 0.3) is 0 Å². The van der Waals surface area contributed by atoms with Crippen LogP contribution in [0, 0.1) is 0 Å². The van der Waals surface area contributed by atoms with E-state index in [0.29, 0.717) is 0 Å². The van der Waals surface area contributed by atoms with E-state index in [9.17, 15) is 4.79 Å². The van der Waals surface area contributed by atoms with Crippen molar-refractivity contribution >= 4 is 0 Å². The second-order valence-corrected chi connectivity index (χ2v) is 3.38. The highest BCUT2D eigenvalue weighted by molar-refractivity contribution is 5.08. The van der Waals surface area contributed by atoms with Crippen LogP contribution < -0.4 is 5.56 Å². The standard InChI is InChI=1S/C11H16N2O/c1-3-4-7-13(2)9-10-5-6-11(14)12-8-10/h3,5-6,8H,1,4,7,9H2,2H3,(H,12,14). The maximum Gasteiger partial charge on any atom is 0.247 e. The Balaban J connectivity index is 2.47. The zero-order valence-electron chi connectivity index (χ0n) is 8.49. The minimum Gasteiger partial charge on any atom is -0.329 e. The molecule has 1 aromatic rings. The molecule has 0 aliphatic rings. The number of nitrogens with one attached hydrogen (secondary N) is 1. The van der Waals surface area contributed by atoms with Crippen LogP contribution in [0.5, 0.6) is 0 Å². The first-order chi connectivity index (χ1) is 6.72. The predicted molar refractivity (Wildman–Crippen MR) is 58.2 cm³/mol. The minimum absolute atomic E-state index is 0.0532. The third-order valence-electron chi connectivity index (χ3n) is 2.02. The highest BCUT2D eigenvalue weighted by Crippen LogP contribution is 1.99. The molecule has 0 fully saturated rings. The minimum atomic E-state index is -0.0532. The van der Waals surface area contributed by atoms with Crippen LogP contribution >= 0.6 is 0 Å². The van der Waals surface area contributed by atoms with E-state index >= 15 is 0 Å². The van der Waals surface area contributed by atoms with E-state index in [1.807, 2.05) is 12.1 Å². The lowest BCUT2D eigenvalue weighted by atomic mass is 10.2. The Hall–Kier alpha value is -1.35. The summed E-state index contributed by atoms with van der Waals surface area (Å²) in [4.78, 5) is 15.6. The summed E-state index contributed by atoms with van der Waals surface area (Å²) in [6, 6.07) is 3.40. The molecule has 0 saturated carbocycles. The predicted octanol–water partition coefficient (Wildman–Crippen LogP) is 1.38. The molecule has 0 saturated heterocycles. The second-order valence-electron chi connectivity index (χ2n) is 3.38. The van der Waals surface area contributed by atoms with Crippen LogP contribution in [0.15, 0.2) is 35.8 Å². The van der Waals surface area contributed by atoms with Gasteiger partial charge in [0.2, 0.25) is 5.56 Å². The largest absolute Gasteiger partial charge is 0.329 e. The van der Waals surface area contributed by atoms with Crippen LogP contribution in [0.3, 0.4) is 0 Å². The SMILES string of the molecule is C=CCCN(C)Cc1ccc(=O)[nH]c1. The normalized spacial score (nSPS) is 10.4. The van der Waals surface area contributed by atoms with Crippen molar-refractivity contribution in [2.24, 2.45) is 0 Å². The Morgan fingerprint density at radius 2 is 2.36 bits per heavy atom. The topological polar surface area (TPSA) is 36.1 Å². The van der Waals surface area contributed by atoms with Crippen molar-refractivity contribution in [3.8, 4) is 0 Å². The lowest BCUT2D eigenvalue weighted by Gasteiger charge is -2.14. The lowest BCUT2D eigenvalue weighted by Crippen LogP contribution is -2.19. The van der Waals surface area contributed by atoms with Gasteiger partial charge in [-0.2, -0.15) is 0 Å². The third-order valence-corrected chi connectivity index (χ3v) is 2.02. The number of hydrogen-bond donors (Lipinski definition) is 1. The van der Waals surface area contributed by atoms with Crippen LogP contribution in [0.2, 0.25) is 0 Å². The van der Waals surface area contributed by atoms with Crippen molar-refractivity contribution in [1.29, 1.82) is 0 Å². The molecule has 0 unspecified atom stereocenters. The molecular weight excluding hydrogens is 176 g/mol. The Labute approximate surface area is 84.1 Å². The highest BCUT2D eigenvalue weighted by atomic mass is 16.1. The van der Waals surface area contributed by atoms with Crippen LogP contribution in [0.25, 0.3) is 0 Å². The maximum absolute atomic E-state index is 10.8. The molecule has 0 radical (unpaired) electrons. The molecule has 0 aliphatic carbocycles. The van der Waals surface area contributed by atoms with Gasteiger partial charge in [-0.25, -0.2) is 0 Å². The van der Waals surface area contributed by atoms with E-state index in [4.69, 9.17) is 0 Å². The molecule has 3 heteroatoms. The number of aromatic nitrogens is 1. The number of rotatable bonds is 5. The van der Waals surface area contributed by atoms with Crippen LogP contribution in [0.4, 0.5) is 0 Å². The first kappa shape index (κ1) is 10.7. The van der Waals surface area contributed by atoms with Gasteiger partial charge in [0.1, 0.15) is 0 Å². The maximum atomic E-state index is 10.8. The monoisotopic (exact) mass is 192 g/mol. The van der Waals surface area contributed by atoms with Gasteiger partial charge < -0.3 is 9.88 Å². The van der Waals surface area contributed by atoms with Gasteiger partial charge in [-0.3, -0.25) is 4.79 Å². The Morgan fingerprint density at radius 3 is 2.93 bits per heavy atom. The number of aromatic amines is 1. The second kappa shape index (κ2) is 5.40. The van der Waals surface area contributed by atoms with E-state index in [-0.39, 0.29) is 5.56 Å². The number of pyridine rings is 1. The van der Waals surface area contributed by atoms with Gasteiger partial charge in [0.05, 0.1) is 0 Å². The van der Waals surface area contributed by atoms with Crippen LogP contribution in [-0.2, 0) is 6.54 Å². The molecule has 0 aromatic carbocycles. The molecule has 0 atom stereocenters. The molecule has 0 amide bonds. The summed E-state index contributed by atoms with van der Waals surface area (Å²) < 4.78 is 0. The van der Waals surface area contributed by atoms with Gasteiger partial charge in [0, 0.05) is 25.4 Å². The number of hydrogen-bond acceptors (Lipinski definition) is 2. The molecule has 1 N–H and O–H groups in total. The fourth-order valence-electron chi connectivity index (χ4n) is 1.24. The summed E-state index contributed by atoms with van der Waals surface area (Å²) >= 11 is 0. The summed E-state index contributed by atoms with van der Waals surface area (Å²) in [5, 5.41) is 0. The van der Waals surface area contributed by atoms with Gasteiger partial charge in [-0.05, 0) is 19.0 Å². The zero-order chi connectivity index (χ0) is 10.4. The summed E-state index contributed by atoms with van der Waals surface area (Å²) in [5.74, 6) is 0. The van der Waals surface area contributed by atoms with Crippen molar-refractivity contribution in [3.05, 3.63) is 46.9 Å². The van der Waals surface area contributed by atoms with Crippen LogP contribution in [-0.4, -0.2) is 23.5 Å². The molecule has 1 aromatic heterocycles. The summed E-state index contributed by atoms with van der Waals surface area (Å²) in [7, 11) is 2.05. The summed E-state index contributed by atoms with van der Waals surface area (Å²) in [5.41, 5.74) is 1.07. The summed E-state index contributed by atoms with van der Waals surface area (Å²) in [6.45, 7) is 5.52. The molecule has 0 aliphatic heterocycles. The molecular formula is C11H16N2O. The number of H-pyrrole nitrogens is 1. The quantitative estimate of drug-likeness (QED) is 0.715. The van der Waals surface area contributed by atoms with Gasteiger partial charge in [-0.15, -0.1) is 6.58 Å². The molecule has 3 nitrogen and oxygen atoms in total. The zero-order valence-corrected chi connectivity index (χ0v) is 8.49.